The number of para-hydroxylation sites is 1. The van der Waals surface area contributed by atoms with Gasteiger partial charge in [-0.3, -0.25) is 4.79 Å². The van der Waals surface area contributed by atoms with Crippen LogP contribution in [0.15, 0.2) is 43.2 Å². The number of aromatic nitrogens is 3. The van der Waals surface area contributed by atoms with Gasteiger partial charge in [-0.05, 0) is 18.2 Å². The molecule has 0 spiro atoms. The standard InChI is InChI=1S/C14H13N3O3/c1-2-10(18)12(20)7-13-15-8-16-14(17-13)9-5-3-4-6-11(9)19/h2-6,8,12,19-20H,1,7H2. The second-order valence-electron chi connectivity index (χ2n) is 4.07. The summed E-state index contributed by atoms with van der Waals surface area (Å²) >= 11 is 0. The SMILES string of the molecule is C=CC(=O)C(O)Cc1ncnc(-c2ccccc2O)n1. The highest BCUT2D eigenvalue weighted by Crippen LogP contribution is 2.25. The van der Waals surface area contributed by atoms with Gasteiger partial charge in [-0.25, -0.2) is 15.0 Å². The van der Waals surface area contributed by atoms with Gasteiger partial charge >= 0.3 is 0 Å². The van der Waals surface area contributed by atoms with E-state index in [1.54, 1.807) is 18.2 Å². The summed E-state index contributed by atoms with van der Waals surface area (Å²) < 4.78 is 0. The average Bonchev–Trinajstić information content (AvgIpc) is 2.47. The monoisotopic (exact) mass is 271 g/mol. The van der Waals surface area contributed by atoms with Gasteiger partial charge in [0.25, 0.3) is 0 Å². The third-order valence-electron chi connectivity index (χ3n) is 2.67. The molecule has 0 aliphatic rings. The maximum Gasteiger partial charge on any atom is 0.183 e. The molecule has 20 heavy (non-hydrogen) atoms. The molecule has 6 nitrogen and oxygen atoms in total. The van der Waals surface area contributed by atoms with E-state index in [0.29, 0.717) is 5.56 Å². The molecule has 1 aromatic carbocycles. The Morgan fingerprint density at radius 1 is 1.35 bits per heavy atom. The second-order valence-corrected chi connectivity index (χ2v) is 4.07. The van der Waals surface area contributed by atoms with Crippen LogP contribution in [0.4, 0.5) is 0 Å². The van der Waals surface area contributed by atoms with Crippen molar-refractivity contribution in [1.29, 1.82) is 0 Å². The van der Waals surface area contributed by atoms with Crippen molar-refractivity contribution in [2.75, 3.05) is 0 Å². The molecular weight excluding hydrogens is 258 g/mol. The number of benzene rings is 1. The minimum absolute atomic E-state index is 0.0338. The highest BCUT2D eigenvalue weighted by molar-refractivity contribution is 5.92. The molecule has 0 saturated carbocycles. The highest BCUT2D eigenvalue weighted by atomic mass is 16.3. The Morgan fingerprint density at radius 3 is 2.80 bits per heavy atom. The number of carbonyl (C=O) groups is 1. The number of phenols is 1. The molecule has 0 radical (unpaired) electrons. The number of rotatable bonds is 5. The van der Waals surface area contributed by atoms with E-state index in [4.69, 9.17) is 0 Å². The normalized spacial score (nSPS) is 11.8. The number of aromatic hydroxyl groups is 1. The van der Waals surface area contributed by atoms with E-state index in [1.807, 2.05) is 0 Å². The molecule has 0 fully saturated rings. The first kappa shape index (κ1) is 13.8. The first-order valence-electron chi connectivity index (χ1n) is 5.92. The van der Waals surface area contributed by atoms with Crippen LogP contribution >= 0.6 is 0 Å². The average molecular weight is 271 g/mol. The van der Waals surface area contributed by atoms with E-state index < -0.39 is 11.9 Å². The van der Waals surface area contributed by atoms with E-state index in [9.17, 15) is 15.0 Å². The number of ketones is 1. The van der Waals surface area contributed by atoms with Crippen molar-refractivity contribution in [2.24, 2.45) is 0 Å². The number of hydrogen-bond donors (Lipinski definition) is 2. The lowest BCUT2D eigenvalue weighted by atomic mass is 10.1. The number of nitrogens with zero attached hydrogens (tertiary/aromatic N) is 3. The summed E-state index contributed by atoms with van der Waals surface area (Å²) in [5.74, 6) is 0.106. The van der Waals surface area contributed by atoms with Crippen LogP contribution in [0.3, 0.4) is 0 Å². The Kier molecular flexibility index (Phi) is 4.17. The maximum absolute atomic E-state index is 11.2. The lowest BCUT2D eigenvalue weighted by Gasteiger charge is -2.07. The minimum Gasteiger partial charge on any atom is -0.507 e. The lowest BCUT2D eigenvalue weighted by Crippen LogP contribution is -2.22. The van der Waals surface area contributed by atoms with Gasteiger partial charge in [0.15, 0.2) is 11.6 Å². The van der Waals surface area contributed by atoms with Gasteiger partial charge in [-0.2, -0.15) is 0 Å². The van der Waals surface area contributed by atoms with E-state index in [0.717, 1.165) is 6.08 Å². The zero-order valence-electron chi connectivity index (χ0n) is 10.6. The fourth-order valence-electron chi connectivity index (χ4n) is 1.63. The molecule has 1 aromatic heterocycles. The lowest BCUT2D eigenvalue weighted by molar-refractivity contribution is -0.122. The van der Waals surface area contributed by atoms with Crippen LogP contribution < -0.4 is 0 Å². The van der Waals surface area contributed by atoms with Gasteiger partial charge < -0.3 is 10.2 Å². The smallest absolute Gasteiger partial charge is 0.183 e. The van der Waals surface area contributed by atoms with Gasteiger partial charge in [0.05, 0.1) is 5.56 Å². The van der Waals surface area contributed by atoms with Gasteiger partial charge in [-0.1, -0.05) is 18.7 Å². The molecule has 102 valence electrons. The third-order valence-corrected chi connectivity index (χ3v) is 2.67. The van der Waals surface area contributed by atoms with Crippen molar-refractivity contribution in [3.8, 4) is 17.1 Å². The van der Waals surface area contributed by atoms with Crippen molar-refractivity contribution in [1.82, 2.24) is 15.0 Å². The fourth-order valence-corrected chi connectivity index (χ4v) is 1.63. The van der Waals surface area contributed by atoms with E-state index in [2.05, 4.69) is 21.5 Å². The highest BCUT2D eigenvalue weighted by Gasteiger charge is 2.15. The van der Waals surface area contributed by atoms with Gasteiger partial charge in [0.1, 0.15) is 24.0 Å². The van der Waals surface area contributed by atoms with Crippen LogP contribution in [0.25, 0.3) is 11.4 Å². The van der Waals surface area contributed by atoms with E-state index >= 15 is 0 Å². The molecule has 2 aromatic rings. The van der Waals surface area contributed by atoms with Crippen molar-refractivity contribution < 1.29 is 15.0 Å². The summed E-state index contributed by atoms with van der Waals surface area (Å²) in [5, 5.41) is 19.4. The van der Waals surface area contributed by atoms with Crippen LogP contribution in [0.5, 0.6) is 5.75 Å². The summed E-state index contributed by atoms with van der Waals surface area (Å²) in [6.07, 6.45) is 1.06. The van der Waals surface area contributed by atoms with Gasteiger partial charge in [0, 0.05) is 6.42 Å². The topological polar surface area (TPSA) is 96.2 Å². The van der Waals surface area contributed by atoms with Gasteiger partial charge in [-0.15, -0.1) is 0 Å². The minimum atomic E-state index is -1.23. The number of carbonyl (C=O) groups excluding carboxylic acids is 1. The summed E-state index contributed by atoms with van der Waals surface area (Å²) in [7, 11) is 0. The maximum atomic E-state index is 11.2. The zero-order chi connectivity index (χ0) is 14.5. The molecule has 0 amide bonds. The van der Waals surface area contributed by atoms with Crippen molar-refractivity contribution >= 4 is 5.78 Å². The van der Waals surface area contributed by atoms with Gasteiger partial charge in [0.2, 0.25) is 0 Å². The Labute approximate surface area is 115 Å². The summed E-state index contributed by atoms with van der Waals surface area (Å²) in [6, 6.07) is 6.62. The molecule has 0 aliphatic carbocycles. The first-order chi connectivity index (χ1) is 9.61. The predicted octanol–water partition coefficient (Wildman–Crippen LogP) is 0.903. The quantitative estimate of drug-likeness (QED) is 0.784. The molecule has 1 unspecified atom stereocenters. The summed E-state index contributed by atoms with van der Waals surface area (Å²) in [6.45, 7) is 3.30. The van der Waals surface area contributed by atoms with E-state index in [-0.39, 0.29) is 23.8 Å². The van der Waals surface area contributed by atoms with Crippen molar-refractivity contribution in [2.45, 2.75) is 12.5 Å². The summed E-state index contributed by atoms with van der Waals surface area (Å²) in [4.78, 5) is 23.3. The van der Waals surface area contributed by atoms with Crippen molar-refractivity contribution in [3.05, 3.63) is 49.1 Å². The molecule has 1 atom stereocenters. The molecule has 0 bridgehead atoms. The molecule has 6 heteroatoms. The molecule has 2 N–H and O–H groups in total. The number of hydrogen-bond acceptors (Lipinski definition) is 6. The number of aliphatic hydroxyl groups is 1. The van der Waals surface area contributed by atoms with Crippen LogP contribution in [0, 0.1) is 0 Å². The number of aliphatic hydroxyl groups excluding tert-OH is 1. The molecule has 2 rings (SSSR count). The molecule has 1 heterocycles. The Morgan fingerprint density at radius 2 is 2.10 bits per heavy atom. The van der Waals surface area contributed by atoms with Crippen molar-refractivity contribution in [3.63, 3.8) is 0 Å². The van der Waals surface area contributed by atoms with Crippen LogP contribution in [0.2, 0.25) is 0 Å². The third kappa shape index (κ3) is 3.04. The van der Waals surface area contributed by atoms with E-state index in [1.165, 1.54) is 12.4 Å². The predicted molar refractivity (Wildman–Crippen MR) is 71.8 cm³/mol. The molecular formula is C14H13N3O3. The second kappa shape index (κ2) is 6.03. The Bertz CT molecular complexity index is 643. The summed E-state index contributed by atoms with van der Waals surface area (Å²) in [5.41, 5.74) is 0.459. The van der Waals surface area contributed by atoms with Crippen LogP contribution in [0.1, 0.15) is 5.82 Å². The zero-order valence-corrected chi connectivity index (χ0v) is 10.6. The number of phenolic OH excluding ortho intramolecular Hbond substituents is 1. The first-order valence-corrected chi connectivity index (χ1v) is 5.92. The van der Waals surface area contributed by atoms with Crippen LogP contribution in [-0.4, -0.2) is 37.1 Å². The Hall–Kier alpha value is -2.60. The fraction of sp³-hybridized carbons (Fsp3) is 0.143. The Balaban J connectivity index is 2.27. The van der Waals surface area contributed by atoms with Crippen LogP contribution in [-0.2, 0) is 11.2 Å². The largest absolute Gasteiger partial charge is 0.507 e. The molecule has 0 aliphatic heterocycles. The molecule has 0 saturated heterocycles.